The van der Waals surface area contributed by atoms with Crippen LogP contribution in [0.2, 0.25) is 5.02 Å². The molecule has 1 aliphatic rings. The molecule has 1 atom stereocenters. The van der Waals surface area contributed by atoms with Crippen LogP contribution in [0.15, 0.2) is 41.3 Å². The van der Waals surface area contributed by atoms with Crippen molar-refractivity contribution < 1.29 is 18.0 Å². The van der Waals surface area contributed by atoms with Gasteiger partial charge in [-0.3, -0.25) is 9.59 Å². The molecule has 0 bridgehead atoms. The standard InChI is InChI=1S/C22H25ClN2O4S/c1-4-22(27)25-14(2)12-16-13-17(8-9-20(16)25)30(28,29)11-10-21(26)24-19-7-5-6-18(23)15(19)3/h5-9,13-14H,4,10-12H2,1-3H3,(H,24,26)/t14-/m1/s1. The molecule has 30 heavy (non-hydrogen) atoms. The van der Waals surface area contributed by atoms with Gasteiger partial charge in [-0.2, -0.15) is 0 Å². The summed E-state index contributed by atoms with van der Waals surface area (Å²) < 4.78 is 25.6. The van der Waals surface area contributed by atoms with Gasteiger partial charge in [-0.05, 0) is 61.7 Å². The Morgan fingerprint density at radius 2 is 1.97 bits per heavy atom. The number of halogens is 1. The highest BCUT2D eigenvalue weighted by atomic mass is 35.5. The number of carbonyl (C=O) groups excluding carboxylic acids is 2. The summed E-state index contributed by atoms with van der Waals surface area (Å²) in [7, 11) is -3.64. The van der Waals surface area contributed by atoms with Crippen molar-refractivity contribution in [1.29, 1.82) is 0 Å². The van der Waals surface area contributed by atoms with Crippen LogP contribution in [-0.2, 0) is 25.8 Å². The number of carbonyl (C=O) groups is 2. The van der Waals surface area contributed by atoms with Gasteiger partial charge in [0.15, 0.2) is 9.84 Å². The fourth-order valence-corrected chi connectivity index (χ4v) is 5.11. The summed E-state index contributed by atoms with van der Waals surface area (Å²) in [6.45, 7) is 5.54. The van der Waals surface area contributed by atoms with Gasteiger partial charge in [0.05, 0.1) is 10.6 Å². The van der Waals surface area contributed by atoms with Gasteiger partial charge < -0.3 is 10.2 Å². The van der Waals surface area contributed by atoms with Crippen LogP contribution in [-0.4, -0.2) is 32.0 Å². The van der Waals surface area contributed by atoms with Crippen LogP contribution in [0.1, 0.15) is 37.8 Å². The quantitative estimate of drug-likeness (QED) is 0.719. The third-order valence-electron chi connectivity index (χ3n) is 5.34. The molecule has 2 amide bonds. The zero-order chi connectivity index (χ0) is 22.1. The third-order valence-corrected chi connectivity index (χ3v) is 7.46. The smallest absolute Gasteiger partial charge is 0.226 e. The molecule has 0 aliphatic carbocycles. The Hall–Kier alpha value is -2.38. The first-order chi connectivity index (χ1) is 14.1. The van der Waals surface area contributed by atoms with E-state index in [1.165, 1.54) is 6.07 Å². The molecule has 0 fully saturated rings. The highest BCUT2D eigenvalue weighted by molar-refractivity contribution is 7.91. The maximum atomic E-state index is 12.8. The van der Waals surface area contributed by atoms with Gasteiger partial charge in [0.25, 0.3) is 0 Å². The third kappa shape index (κ3) is 4.52. The molecular weight excluding hydrogens is 424 g/mol. The molecule has 0 unspecified atom stereocenters. The van der Waals surface area contributed by atoms with Gasteiger partial charge in [0.2, 0.25) is 11.8 Å². The first kappa shape index (κ1) is 22.3. The van der Waals surface area contributed by atoms with Crippen LogP contribution < -0.4 is 10.2 Å². The Labute approximate surface area is 182 Å². The molecule has 6 nitrogen and oxygen atoms in total. The van der Waals surface area contributed by atoms with Crippen LogP contribution in [0, 0.1) is 6.92 Å². The van der Waals surface area contributed by atoms with E-state index >= 15 is 0 Å². The topological polar surface area (TPSA) is 83.6 Å². The van der Waals surface area contributed by atoms with E-state index in [4.69, 9.17) is 11.6 Å². The molecule has 1 heterocycles. The summed E-state index contributed by atoms with van der Waals surface area (Å²) in [5.41, 5.74) is 2.90. The number of hydrogen-bond acceptors (Lipinski definition) is 4. The first-order valence-electron chi connectivity index (χ1n) is 9.86. The Bertz CT molecular complexity index is 1100. The Morgan fingerprint density at radius 1 is 1.23 bits per heavy atom. The lowest BCUT2D eigenvalue weighted by Gasteiger charge is -2.22. The number of amides is 2. The monoisotopic (exact) mass is 448 g/mol. The summed E-state index contributed by atoms with van der Waals surface area (Å²) in [6.07, 6.45) is 0.840. The van der Waals surface area contributed by atoms with Crippen molar-refractivity contribution in [3.8, 4) is 0 Å². The molecule has 0 aromatic heterocycles. The second-order valence-electron chi connectivity index (χ2n) is 7.49. The highest BCUT2D eigenvalue weighted by Crippen LogP contribution is 2.34. The number of nitrogens with zero attached hydrogens (tertiary/aromatic N) is 1. The Kier molecular flexibility index (Phi) is 6.53. The van der Waals surface area contributed by atoms with Crippen molar-refractivity contribution in [2.75, 3.05) is 16.0 Å². The molecule has 0 saturated heterocycles. The zero-order valence-corrected chi connectivity index (χ0v) is 18.8. The number of rotatable bonds is 6. The van der Waals surface area contributed by atoms with Gasteiger partial charge in [-0.1, -0.05) is 24.6 Å². The lowest BCUT2D eigenvalue weighted by molar-refractivity contribution is -0.118. The maximum Gasteiger partial charge on any atom is 0.226 e. The molecule has 160 valence electrons. The second kappa shape index (κ2) is 8.78. The van der Waals surface area contributed by atoms with Crippen molar-refractivity contribution in [2.45, 2.75) is 51.0 Å². The first-order valence-corrected chi connectivity index (χ1v) is 11.9. The number of sulfone groups is 1. The molecule has 2 aromatic rings. The van der Waals surface area contributed by atoms with Crippen molar-refractivity contribution >= 4 is 44.6 Å². The second-order valence-corrected chi connectivity index (χ2v) is 10.0. The van der Waals surface area contributed by atoms with E-state index in [0.717, 1.165) is 16.8 Å². The predicted molar refractivity (Wildman–Crippen MR) is 119 cm³/mol. The van der Waals surface area contributed by atoms with E-state index in [0.29, 0.717) is 23.6 Å². The molecule has 0 spiro atoms. The molecule has 1 N–H and O–H groups in total. The summed E-state index contributed by atoms with van der Waals surface area (Å²) in [6, 6.07) is 10.00. The number of anilines is 2. The molecule has 1 aliphatic heterocycles. The average Bonchev–Trinajstić information content (AvgIpc) is 3.04. The fraction of sp³-hybridized carbons (Fsp3) is 0.364. The Balaban J connectivity index is 1.71. The van der Waals surface area contributed by atoms with Crippen LogP contribution in [0.25, 0.3) is 0 Å². The SMILES string of the molecule is CCC(=O)N1c2ccc(S(=O)(=O)CCC(=O)Nc3cccc(Cl)c3C)cc2C[C@H]1C. The summed E-state index contributed by atoms with van der Waals surface area (Å²) in [5.74, 6) is -0.673. The minimum atomic E-state index is -3.64. The van der Waals surface area contributed by atoms with Crippen LogP contribution >= 0.6 is 11.6 Å². The average molecular weight is 449 g/mol. The predicted octanol–water partition coefficient (Wildman–Crippen LogP) is 4.14. The van der Waals surface area contributed by atoms with Crippen LogP contribution in [0.5, 0.6) is 0 Å². The van der Waals surface area contributed by atoms with Crippen molar-refractivity contribution in [2.24, 2.45) is 0 Å². The molecular formula is C22H25ClN2O4S. The van der Waals surface area contributed by atoms with E-state index in [1.807, 2.05) is 13.8 Å². The highest BCUT2D eigenvalue weighted by Gasteiger charge is 2.31. The van der Waals surface area contributed by atoms with E-state index in [9.17, 15) is 18.0 Å². The van der Waals surface area contributed by atoms with E-state index in [1.54, 1.807) is 42.2 Å². The summed E-state index contributed by atoms with van der Waals surface area (Å²) in [4.78, 5) is 26.4. The fourth-order valence-electron chi connectivity index (χ4n) is 3.65. The van der Waals surface area contributed by atoms with E-state index in [2.05, 4.69) is 5.32 Å². The summed E-state index contributed by atoms with van der Waals surface area (Å²) >= 11 is 6.05. The molecule has 3 rings (SSSR count). The minimum absolute atomic E-state index is 0.00267. The van der Waals surface area contributed by atoms with Gasteiger partial charge in [-0.25, -0.2) is 8.42 Å². The normalized spacial score (nSPS) is 15.7. The minimum Gasteiger partial charge on any atom is -0.326 e. The van der Waals surface area contributed by atoms with Crippen LogP contribution in [0.3, 0.4) is 0 Å². The van der Waals surface area contributed by atoms with Crippen LogP contribution in [0.4, 0.5) is 11.4 Å². The molecule has 0 saturated carbocycles. The number of fused-ring (bicyclic) bond motifs is 1. The van der Waals surface area contributed by atoms with Gasteiger partial charge >= 0.3 is 0 Å². The largest absolute Gasteiger partial charge is 0.326 e. The summed E-state index contributed by atoms with van der Waals surface area (Å²) in [5, 5.41) is 3.25. The molecule has 2 aromatic carbocycles. The molecule has 0 radical (unpaired) electrons. The van der Waals surface area contributed by atoms with E-state index in [-0.39, 0.29) is 29.0 Å². The Morgan fingerprint density at radius 3 is 2.67 bits per heavy atom. The zero-order valence-electron chi connectivity index (χ0n) is 17.2. The van der Waals surface area contributed by atoms with Crippen molar-refractivity contribution in [1.82, 2.24) is 0 Å². The van der Waals surface area contributed by atoms with Crippen molar-refractivity contribution in [3.63, 3.8) is 0 Å². The maximum absolute atomic E-state index is 12.8. The van der Waals surface area contributed by atoms with Gasteiger partial charge in [0, 0.05) is 35.3 Å². The number of benzene rings is 2. The lowest BCUT2D eigenvalue weighted by atomic mass is 10.1. The van der Waals surface area contributed by atoms with E-state index < -0.39 is 15.7 Å². The lowest BCUT2D eigenvalue weighted by Crippen LogP contribution is -2.35. The van der Waals surface area contributed by atoms with Crippen molar-refractivity contribution in [3.05, 3.63) is 52.5 Å². The van der Waals surface area contributed by atoms with Gasteiger partial charge in [-0.15, -0.1) is 0 Å². The van der Waals surface area contributed by atoms with Gasteiger partial charge in [0.1, 0.15) is 0 Å². The molecule has 8 heteroatoms. The number of nitrogens with one attached hydrogen (secondary N) is 1. The number of hydrogen-bond donors (Lipinski definition) is 1.